The average molecular weight is 187 g/mol. The normalized spacial score (nSPS) is 17.8. The third-order valence-electron chi connectivity index (χ3n) is 2.55. The van der Waals surface area contributed by atoms with Gasteiger partial charge in [-0.2, -0.15) is 8.78 Å². The van der Waals surface area contributed by atoms with Crippen LogP contribution in [0, 0.1) is 5.92 Å². The topological polar surface area (TPSA) is 30.7 Å². The Bertz CT molecular complexity index is 281. The van der Waals surface area contributed by atoms with Gasteiger partial charge in [0.15, 0.2) is 0 Å². The maximum absolute atomic E-state index is 12.3. The summed E-state index contributed by atoms with van der Waals surface area (Å²) in [4.78, 5) is 0. The first kappa shape index (κ1) is 8.59. The quantitative estimate of drug-likeness (QED) is 0.724. The largest absolute Gasteiger partial charge is 0.321 e. The van der Waals surface area contributed by atoms with Crippen LogP contribution in [0.5, 0.6) is 0 Å². The lowest BCUT2D eigenvalue weighted by Crippen LogP contribution is -2.17. The number of hydrogen-bond donors (Lipinski definition) is 0. The first-order valence-corrected chi connectivity index (χ1v) is 4.44. The van der Waals surface area contributed by atoms with Crippen molar-refractivity contribution >= 4 is 0 Å². The highest BCUT2D eigenvalue weighted by Crippen LogP contribution is 2.29. The van der Waals surface area contributed by atoms with E-state index in [1.54, 1.807) is 0 Å². The minimum atomic E-state index is -2.51. The van der Waals surface area contributed by atoms with Gasteiger partial charge in [0.2, 0.25) is 0 Å². The fourth-order valence-corrected chi connectivity index (χ4v) is 1.53. The summed E-state index contributed by atoms with van der Waals surface area (Å²) in [6.45, 7) is -2.51. The minimum absolute atomic E-state index is 0.416. The van der Waals surface area contributed by atoms with Crippen molar-refractivity contribution in [2.45, 2.75) is 32.2 Å². The van der Waals surface area contributed by atoms with Crippen LogP contribution in [0.4, 0.5) is 8.78 Å². The van der Waals surface area contributed by atoms with Crippen molar-refractivity contribution in [1.29, 1.82) is 0 Å². The highest BCUT2D eigenvalue weighted by atomic mass is 19.3. The summed E-state index contributed by atoms with van der Waals surface area (Å²) < 4.78 is 25.5. The summed E-state index contributed by atoms with van der Waals surface area (Å²) in [5, 5.41) is 7.18. The maximum atomic E-state index is 12.3. The summed E-state index contributed by atoms with van der Waals surface area (Å²) in [6.07, 6.45) is 5.22. The SMILES string of the molecule is FC(F)n1cnnc1CC1CCC1. The molecule has 0 unspecified atom stereocenters. The lowest BCUT2D eigenvalue weighted by atomic mass is 9.83. The molecular weight excluding hydrogens is 176 g/mol. The summed E-state index contributed by atoms with van der Waals surface area (Å²) >= 11 is 0. The Labute approximate surface area is 74.8 Å². The van der Waals surface area contributed by atoms with Crippen molar-refractivity contribution in [2.24, 2.45) is 5.92 Å². The molecule has 72 valence electrons. The molecule has 0 bridgehead atoms. The molecule has 0 aliphatic heterocycles. The van der Waals surface area contributed by atoms with E-state index in [1.165, 1.54) is 6.42 Å². The van der Waals surface area contributed by atoms with Crippen molar-refractivity contribution in [3.05, 3.63) is 12.2 Å². The molecule has 0 N–H and O–H groups in total. The number of hydrogen-bond acceptors (Lipinski definition) is 2. The second-order valence-corrected chi connectivity index (χ2v) is 3.43. The Morgan fingerprint density at radius 3 is 2.85 bits per heavy atom. The molecule has 1 heterocycles. The van der Waals surface area contributed by atoms with Gasteiger partial charge in [-0.05, 0) is 5.92 Å². The summed E-state index contributed by atoms with van der Waals surface area (Å²) in [5.74, 6) is 0.960. The average Bonchev–Trinajstić information content (AvgIpc) is 2.44. The van der Waals surface area contributed by atoms with Gasteiger partial charge in [-0.15, -0.1) is 10.2 Å². The number of aromatic nitrogens is 3. The molecule has 1 aromatic heterocycles. The molecule has 0 spiro atoms. The third-order valence-corrected chi connectivity index (χ3v) is 2.55. The van der Waals surface area contributed by atoms with Crippen molar-refractivity contribution in [3.63, 3.8) is 0 Å². The molecule has 0 saturated heterocycles. The predicted molar refractivity (Wildman–Crippen MR) is 42.3 cm³/mol. The Hall–Kier alpha value is -1.00. The van der Waals surface area contributed by atoms with Crippen LogP contribution in [0.2, 0.25) is 0 Å². The lowest BCUT2D eigenvalue weighted by Gasteiger charge is -2.24. The van der Waals surface area contributed by atoms with E-state index in [0.717, 1.165) is 23.7 Å². The summed E-state index contributed by atoms with van der Waals surface area (Å²) in [6, 6.07) is 0. The van der Waals surface area contributed by atoms with Crippen molar-refractivity contribution in [3.8, 4) is 0 Å². The van der Waals surface area contributed by atoms with Crippen LogP contribution in [0.1, 0.15) is 31.6 Å². The highest BCUT2D eigenvalue weighted by Gasteiger charge is 2.22. The van der Waals surface area contributed by atoms with Crippen molar-refractivity contribution in [1.82, 2.24) is 14.8 Å². The Morgan fingerprint density at radius 2 is 2.31 bits per heavy atom. The van der Waals surface area contributed by atoms with Gasteiger partial charge in [0.25, 0.3) is 0 Å². The molecule has 5 heteroatoms. The molecule has 1 aromatic rings. The Kier molecular flexibility index (Phi) is 2.24. The number of rotatable bonds is 3. The van der Waals surface area contributed by atoms with E-state index >= 15 is 0 Å². The fraction of sp³-hybridized carbons (Fsp3) is 0.750. The van der Waals surface area contributed by atoms with Gasteiger partial charge in [-0.25, -0.2) is 0 Å². The monoisotopic (exact) mass is 187 g/mol. The van der Waals surface area contributed by atoms with Crippen molar-refractivity contribution in [2.75, 3.05) is 0 Å². The molecule has 13 heavy (non-hydrogen) atoms. The summed E-state index contributed by atoms with van der Waals surface area (Å²) in [5.41, 5.74) is 0. The van der Waals surface area contributed by atoms with E-state index < -0.39 is 6.55 Å². The van der Waals surface area contributed by atoms with E-state index in [1.807, 2.05) is 0 Å². The lowest BCUT2D eigenvalue weighted by molar-refractivity contribution is 0.0653. The third kappa shape index (κ3) is 1.68. The second-order valence-electron chi connectivity index (χ2n) is 3.43. The van der Waals surface area contributed by atoms with E-state index in [-0.39, 0.29) is 0 Å². The molecular formula is C8H11F2N3. The molecule has 3 nitrogen and oxygen atoms in total. The van der Waals surface area contributed by atoms with Crippen LogP contribution in [0.3, 0.4) is 0 Å². The number of nitrogens with zero attached hydrogens (tertiary/aromatic N) is 3. The van der Waals surface area contributed by atoms with Crippen molar-refractivity contribution < 1.29 is 8.78 Å². The number of alkyl halides is 2. The molecule has 0 atom stereocenters. The van der Waals surface area contributed by atoms with Gasteiger partial charge in [-0.1, -0.05) is 19.3 Å². The molecule has 2 rings (SSSR count). The smallest absolute Gasteiger partial charge is 0.259 e. The van der Waals surface area contributed by atoms with E-state index in [2.05, 4.69) is 10.2 Å². The maximum Gasteiger partial charge on any atom is 0.321 e. The zero-order valence-electron chi connectivity index (χ0n) is 7.16. The van der Waals surface area contributed by atoms with Crippen LogP contribution < -0.4 is 0 Å². The fourth-order valence-electron chi connectivity index (χ4n) is 1.53. The zero-order valence-corrected chi connectivity index (χ0v) is 7.16. The highest BCUT2D eigenvalue weighted by molar-refractivity contribution is 4.90. The molecule has 0 radical (unpaired) electrons. The molecule has 1 aliphatic carbocycles. The minimum Gasteiger partial charge on any atom is -0.259 e. The van der Waals surface area contributed by atoms with Gasteiger partial charge in [0.1, 0.15) is 12.2 Å². The van der Waals surface area contributed by atoms with Gasteiger partial charge < -0.3 is 0 Å². The van der Waals surface area contributed by atoms with Crippen LogP contribution in [0.15, 0.2) is 6.33 Å². The van der Waals surface area contributed by atoms with Gasteiger partial charge in [-0.3, -0.25) is 4.57 Å². The first-order valence-electron chi connectivity index (χ1n) is 4.44. The van der Waals surface area contributed by atoms with E-state index in [4.69, 9.17) is 0 Å². The van der Waals surface area contributed by atoms with Gasteiger partial charge in [0.05, 0.1) is 0 Å². The molecule has 1 aliphatic rings. The molecule has 0 amide bonds. The van der Waals surface area contributed by atoms with Gasteiger partial charge in [0, 0.05) is 6.42 Å². The standard InChI is InChI=1S/C8H11F2N3/c9-8(10)13-5-11-12-7(13)4-6-2-1-3-6/h5-6,8H,1-4H2. The van der Waals surface area contributed by atoms with Crippen LogP contribution in [0.25, 0.3) is 0 Å². The Balaban J connectivity index is 2.05. The van der Waals surface area contributed by atoms with E-state index in [9.17, 15) is 8.78 Å². The molecule has 0 aromatic carbocycles. The molecule has 1 fully saturated rings. The van der Waals surface area contributed by atoms with Crippen LogP contribution in [-0.4, -0.2) is 14.8 Å². The van der Waals surface area contributed by atoms with Crippen LogP contribution >= 0.6 is 0 Å². The second kappa shape index (κ2) is 3.40. The summed E-state index contributed by atoms with van der Waals surface area (Å²) in [7, 11) is 0. The van der Waals surface area contributed by atoms with Crippen LogP contribution in [-0.2, 0) is 6.42 Å². The number of halogens is 2. The first-order chi connectivity index (χ1) is 6.27. The molecule has 1 saturated carbocycles. The Morgan fingerprint density at radius 1 is 1.54 bits per heavy atom. The predicted octanol–water partition coefficient (Wildman–Crippen LogP) is 2.02. The van der Waals surface area contributed by atoms with E-state index in [0.29, 0.717) is 18.2 Å². The van der Waals surface area contributed by atoms with Gasteiger partial charge >= 0.3 is 6.55 Å². The zero-order chi connectivity index (χ0) is 9.26.